The molecule has 3 heteroatoms. The summed E-state index contributed by atoms with van der Waals surface area (Å²) in [6.07, 6.45) is 3.83. The number of hydrogen-bond acceptors (Lipinski definition) is 3. The molecule has 1 aliphatic heterocycles. The Morgan fingerprint density at radius 2 is 2.31 bits per heavy atom. The van der Waals surface area contributed by atoms with Crippen LogP contribution < -0.4 is 5.73 Å². The zero-order valence-electron chi connectivity index (χ0n) is 8.58. The molecule has 0 radical (unpaired) electrons. The van der Waals surface area contributed by atoms with Gasteiger partial charge in [0.1, 0.15) is 0 Å². The first-order chi connectivity index (χ1) is 6.27. The Hall–Kier alpha value is -0.120. The summed E-state index contributed by atoms with van der Waals surface area (Å²) in [5, 5.41) is 8.97. The van der Waals surface area contributed by atoms with Crippen molar-refractivity contribution in [3.63, 3.8) is 0 Å². The lowest BCUT2D eigenvalue weighted by Crippen LogP contribution is -2.46. The topological polar surface area (TPSA) is 49.5 Å². The van der Waals surface area contributed by atoms with Crippen molar-refractivity contribution in [2.24, 2.45) is 11.7 Å². The van der Waals surface area contributed by atoms with E-state index in [1.54, 1.807) is 0 Å². The van der Waals surface area contributed by atoms with Gasteiger partial charge in [-0.3, -0.25) is 4.90 Å². The molecule has 3 N–H and O–H groups in total. The second kappa shape index (κ2) is 5.58. The van der Waals surface area contributed by atoms with Crippen LogP contribution in [-0.4, -0.2) is 42.3 Å². The third kappa shape index (κ3) is 3.25. The average molecular weight is 186 g/mol. The molecule has 0 aliphatic carbocycles. The lowest BCUT2D eigenvalue weighted by atomic mass is 10.0. The number of nitrogens with two attached hydrogens (primary N) is 1. The number of aliphatic hydroxyl groups is 1. The van der Waals surface area contributed by atoms with Crippen molar-refractivity contribution in [2.45, 2.75) is 32.2 Å². The summed E-state index contributed by atoms with van der Waals surface area (Å²) in [6, 6.07) is 0.558. The highest BCUT2D eigenvalue weighted by Gasteiger charge is 2.21. The first-order valence-electron chi connectivity index (χ1n) is 5.33. The minimum absolute atomic E-state index is 0.286. The average Bonchev–Trinajstić information content (AvgIpc) is 2.18. The molecule has 2 unspecified atom stereocenters. The van der Waals surface area contributed by atoms with Crippen molar-refractivity contribution in [2.75, 3.05) is 26.2 Å². The van der Waals surface area contributed by atoms with Crippen molar-refractivity contribution in [1.29, 1.82) is 0 Å². The Balaban J connectivity index is 2.35. The van der Waals surface area contributed by atoms with Gasteiger partial charge in [-0.25, -0.2) is 0 Å². The molecule has 0 saturated carbocycles. The zero-order chi connectivity index (χ0) is 9.68. The van der Waals surface area contributed by atoms with Crippen LogP contribution in [-0.2, 0) is 0 Å². The maximum atomic E-state index is 8.97. The van der Waals surface area contributed by atoms with Gasteiger partial charge in [-0.15, -0.1) is 0 Å². The molecule has 2 atom stereocenters. The highest BCUT2D eigenvalue weighted by atomic mass is 16.3. The van der Waals surface area contributed by atoms with Gasteiger partial charge >= 0.3 is 0 Å². The first-order valence-corrected chi connectivity index (χ1v) is 5.33. The van der Waals surface area contributed by atoms with E-state index >= 15 is 0 Å². The normalized spacial score (nSPS) is 27.5. The second-order valence-corrected chi connectivity index (χ2v) is 4.17. The van der Waals surface area contributed by atoms with Crippen molar-refractivity contribution in [3.8, 4) is 0 Å². The lowest BCUT2D eigenvalue weighted by molar-refractivity contribution is 0.110. The molecule has 0 amide bonds. The number of hydrogen-bond donors (Lipinski definition) is 2. The predicted octanol–water partition coefficient (Wildman–Crippen LogP) is 0.428. The molecule has 0 aromatic rings. The molecule has 0 bridgehead atoms. The van der Waals surface area contributed by atoms with Gasteiger partial charge in [0.25, 0.3) is 0 Å². The predicted molar refractivity (Wildman–Crippen MR) is 54.5 cm³/mol. The van der Waals surface area contributed by atoms with Gasteiger partial charge in [0.05, 0.1) is 0 Å². The summed E-state index contributed by atoms with van der Waals surface area (Å²) in [7, 11) is 0. The fraction of sp³-hybridized carbons (Fsp3) is 1.00. The van der Waals surface area contributed by atoms with E-state index in [1.165, 1.54) is 19.3 Å². The minimum Gasteiger partial charge on any atom is -0.396 e. The maximum absolute atomic E-state index is 8.97. The molecule has 1 rings (SSSR count). The third-order valence-electron chi connectivity index (χ3n) is 2.88. The van der Waals surface area contributed by atoms with E-state index in [1.807, 2.05) is 0 Å². The molecule has 0 aromatic heterocycles. The molecule has 1 fully saturated rings. The molecular formula is C10H22N2O. The quantitative estimate of drug-likeness (QED) is 0.669. The molecule has 1 heterocycles. The van der Waals surface area contributed by atoms with Gasteiger partial charge in [-0.05, 0) is 25.3 Å². The summed E-state index contributed by atoms with van der Waals surface area (Å²) in [5.74, 6) is 0.382. The molecule has 1 aliphatic rings. The van der Waals surface area contributed by atoms with Gasteiger partial charge in [-0.1, -0.05) is 13.3 Å². The summed E-state index contributed by atoms with van der Waals surface area (Å²) in [5.41, 5.74) is 5.71. The van der Waals surface area contributed by atoms with Crippen molar-refractivity contribution >= 4 is 0 Å². The van der Waals surface area contributed by atoms with Gasteiger partial charge in [0.2, 0.25) is 0 Å². The van der Waals surface area contributed by atoms with E-state index < -0.39 is 0 Å². The van der Waals surface area contributed by atoms with E-state index in [0.717, 1.165) is 19.6 Å². The third-order valence-corrected chi connectivity index (χ3v) is 2.88. The van der Waals surface area contributed by atoms with Crippen LogP contribution in [0.2, 0.25) is 0 Å². The Kier molecular flexibility index (Phi) is 4.70. The van der Waals surface area contributed by atoms with Gasteiger partial charge in [-0.2, -0.15) is 0 Å². The van der Waals surface area contributed by atoms with Crippen LogP contribution >= 0.6 is 0 Å². The van der Waals surface area contributed by atoms with Crippen LogP contribution in [0, 0.1) is 5.92 Å². The van der Waals surface area contributed by atoms with Crippen LogP contribution in [0.1, 0.15) is 26.2 Å². The fourth-order valence-corrected chi connectivity index (χ4v) is 2.03. The maximum Gasteiger partial charge on any atom is 0.0468 e. The van der Waals surface area contributed by atoms with Crippen molar-refractivity contribution in [3.05, 3.63) is 0 Å². The summed E-state index contributed by atoms with van der Waals surface area (Å²) >= 11 is 0. The van der Waals surface area contributed by atoms with Crippen LogP contribution in [0.15, 0.2) is 0 Å². The van der Waals surface area contributed by atoms with E-state index in [9.17, 15) is 0 Å². The van der Waals surface area contributed by atoms with E-state index in [0.29, 0.717) is 12.0 Å². The standard InChI is InChI=1S/C10H22N2O/c1-9(8-13)7-12-5-3-2-4-10(12)6-11/h9-10,13H,2-8,11H2,1H3. The minimum atomic E-state index is 0.286. The Labute approximate surface area is 80.9 Å². The molecule has 1 saturated heterocycles. The number of aliphatic hydroxyl groups excluding tert-OH is 1. The monoisotopic (exact) mass is 186 g/mol. The highest BCUT2D eigenvalue weighted by Crippen LogP contribution is 2.17. The molecular weight excluding hydrogens is 164 g/mol. The Bertz CT molecular complexity index is 141. The summed E-state index contributed by atoms with van der Waals surface area (Å²) in [4.78, 5) is 2.43. The number of likely N-dealkylation sites (tertiary alicyclic amines) is 1. The van der Waals surface area contributed by atoms with Crippen LogP contribution in [0.5, 0.6) is 0 Å². The first kappa shape index (κ1) is 11.0. The number of rotatable bonds is 4. The molecule has 0 aromatic carbocycles. The number of piperidine rings is 1. The molecule has 13 heavy (non-hydrogen) atoms. The lowest BCUT2D eigenvalue weighted by Gasteiger charge is -2.36. The molecule has 0 spiro atoms. The van der Waals surface area contributed by atoms with E-state index in [2.05, 4.69) is 11.8 Å². The van der Waals surface area contributed by atoms with Crippen molar-refractivity contribution < 1.29 is 5.11 Å². The van der Waals surface area contributed by atoms with Crippen molar-refractivity contribution in [1.82, 2.24) is 4.90 Å². The number of nitrogens with zero attached hydrogens (tertiary/aromatic N) is 1. The summed E-state index contributed by atoms with van der Waals surface area (Å²) < 4.78 is 0. The summed E-state index contributed by atoms with van der Waals surface area (Å²) in [6.45, 7) is 5.29. The fourth-order valence-electron chi connectivity index (χ4n) is 2.03. The van der Waals surface area contributed by atoms with Crippen LogP contribution in [0.25, 0.3) is 0 Å². The van der Waals surface area contributed by atoms with Gasteiger partial charge in [0, 0.05) is 25.7 Å². The largest absolute Gasteiger partial charge is 0.396 e. The molecule has 3 nitrogen and oxygen atoms in total. The Morgan fingerprint density at radius 1 is 1.54 bits per heavy atom. The van der Waals surface area contributed by atoms with Gasteiger partial charge in [0.15, 0.2) is 0 Å². The Morgan fingerprint density at radius 3 is 2.92 bits per heavy atom. The highest BCUT2D eigenvalue weighted by molar-refractivity contribution is 4.78. The zero-order valence-corrected chi connectivity index (χ0v) is 8.58. The van der Waals surface area contributed by atoms with Crippen LogP contribution in [0.3, 0.4) is 0 Å². The second-order valence-electron chi connectivity index (χ2n) is 4.17. The van der Waals surface area contributed by atoms with Crippen LogP contribution in [0.4, 0.5) is 0 Å². The molecule has 78 valence electrons. The van der Waals surface area contributed by atoms with E-state index in [-0.39, 0.29) is 6.61 Å². The van der Waals surface area contributed by atoms with E-state index in [4.69, 9.17) is 10.8 Å². The smallest absolute Gasteiger partial charge is 0.0468 e. The SMILES string of the molecule is CC(CO)CN1CCCCC1CN. The van der Waals surface area contributed by atoms with Gasteiger partial charge < -0.3 is 10.8 Å².